The average Bonchev–Trinajstić information content (AvgIpc) is 2.94. The lowest BCUT2D eigenvalue weighted by molar-refractivity contribution is 0.759. The molecule has 0 N–H and O–H groups in total. The molecule has 0 aromatic rings. The Morgan fingerprint density at radius 1 is 1.54 bits per heavy atom. The highest BCUT2D eigenvalue weighted by molar-refractivity contribution is 5.38. The molecule has 0 aromatic carbocycles. The minimum atomic E-state index is 0.104. The summed E-state index contributed by atoms with van der Waals surface area (Å²) in [6.45, 7) is 11.9. The van der Waals surface area contributed by atoms with E-state index in [2.05, 4.69) is 38.2 Å². The molecule has 0 aliphatic heterocycles. The SMILES string of the molecule is C=NC1(/C(=C/C)CC(=C)CC)CC1. The standard InChI is InChI=1S/C12H19N/c1-5-10(3)9-11(6-2)12(13-4)7-8-12/h6H,3-5,7-9H2,1-2H3/b11-6+. The van der Waals surface area contributed by atoms with Crippen LogP contribution in [0, 0.1) is 0 Å². The van der Waals surface area contributed by atoms with Crippen molar-refractivity contribution in [2.75, 3.05) is 0 Å². The molecule has 1 heteroatoms. The molecule has 0 unspecified atom stereocenters. The second-order valence-corrected chi connectivity index (χ2v) is 3.78. The van der Waals surface area contributed by atoms with Crippen LogP contribution in [0.5, 0.6) is 0 Å². The Morgan fingerprint density at radius 3 is 2.46 bits per heavy atom. The Morgan fingerprint density at radius 2 is 2.15 bits per heavy atom. The Kier molecular flexibility index (Phi) is 3.07. The number of allylic oxidation sites excluding steroid dienone is 2. The minimum Gasteiger partial charge on any atom is -0.290 e. The summed E-state index contributed by atoms with van der Waals surface area (Å²) in [5, 5.41) is 0. The molecule has 0 heterocycles. The Hall–Kier alpha value is -0.850. The summed E-state index contributed by atoms with van der Waals surface area (Å²) >= 11 is 0. The Bertz CT molecular complexity index is 244. The van der Waals surface area contributed by atoms with Gasteiger partial charge in [0.15, 0.2) is 0 Å². The van der Waals surface area contributed by atoms with E-state index in [1.807, 2.05) is 0 Å². The normalized spacial score (nSPS) is 19.7. The number of aliphatic imine (C=N–C) groups is 1. The van der Waals surface area contributed by atoms with Crippen molar-refractivity contribution >= 4 is 6.72 Å². The maximum absolute atomic E-state index is 4.23. The van der Waals surface area contributed by atoms with Gasteiger partial charge in [-0.1, -0.05) is 25.2 Å². The van der Waals surface area contributed by atoms with E-state index in [1.165, 1.54) is 24.0 Å². The van der Waals surface area contributed by atoms with Crippen molar-refractivity contribution in [1.82, 2.24) is 0 Å². The molecule has 1 saturated carbocycles. The van der Waals surface area contributed by atoms with Gasteiger partial charge in [0.25, 0.3) is 0 Å². The van der Waals surface area contributed by atoms with E-state index in [4.69, 9.17) is 0 Å². The van der Waals surface area contributed by atoms with Crippen LogP contribution in [0.4, 0.5) is 0 Å². The second-order valence-electron chi connectivity index (χ2n) is 3.78. The maximum atomic E-state index is 4.23. The fourth-order valence-electron chi connectivity index (χ4n) is 1.63. The van der Waals surface area contributed by atoms with Crippen LogP contribution in [0.3, 0.4) is 0 Å². The van der Waals surface area contributed by atoms with Gasteiger partial charge in [-0.3, -0.25) is 4.99 Å². The lowest BCUT2D eigenvalue weighted by Crippen LogP contribution is -2.09. The molecule has 0 spiro atoms. The van der Waals surface area contributed by atoms with Gasteiger partial charge in [0.2, 0.25) is 0 Å². The summed E-state index contributed by atoms with van der Waals surface area (Å²) in [6.07, 6.45) is 6.60. The van der Waals surface area contributed by atoms with E-state index in [0.29, 0.717) is 0 Å². The first-order valence-corrected chi connectivity index (χ1v) is 4.98. The van der Waals surface area contributed by atoms with E-state index in [0.717, 1.165) is 12.8 Å². The van der Waals surface area contributed by atoms with Crippen LogP contribution in [-0.2, 0) is 0 Å². The molecule has 0 atom stereocenters. The molecular weight excluding hydrogens is 158 g/mol. The van der Waals surface area contributed by atoms with Crippen molar-refractivity contribution in [2.45, 2.75) is 45.1 Å². The Balaban J connectivity index is 2.65. The van der Waals surface area contributed by atoms with Crippen LogP contribution >= 0.6 is 0 Å². The van der Waals surface area contributed by atoms with E-state index < -0.39 is 0 Å². The third kappa shape index (κ3) is 2.09. The highest BCUT2D eigenvalue weighted by atomic mass is 14.9. The molecular formula is C12H19N. The zero-order chi connectivity index (χ0) is 9.90. The van der Waals surface area contributed by atoms with Gasteiger partial charge in [0.05, 0.1) is 5.54 Å². The van der Waals surface area contributed by atoms with Crippen molar-refractivity contribution in [3.8, 4) is 0 Å². The van der Waals surface area contributed by atoms with E-state index in [-0.39, 0.29) is 5.54 Å². The number of hydrogen-bond acceptors (Lipinski definition) is 1. The summed E-state index contributed by atoms with van der Waals surface area (Å²) in [6, 6.07) is 0. The van der Waals surface area contributed by atoms with Gasteiger partial charge in [-0.05, 0) is 44.9 Å². The van der Waals surface area contributed by atoms with E-state index in [1.54, 1.807) is 0 Å². The largest absolute Gasteiger partial charge is 0.290 e. The third-order valence-corrected chi connectivity index (χ3v) is 2.91. The number of nitrogens with zero attached hydrogens (tertiary/aromatic N) is 1. The van der Waals surface area contributed by atoms with Crippen LogP contribution in [-0.4, -0.2) is 12.3 Å². The first-order valence-electron chi connectivity index (χ1n) is 4.98. The van der Waals surface area contributed by atoms with Gasteiger partial charge < -0.3 is 0 Å². The molecule has 1 rings (SSSR count). The van der Waals surface area contributed by atoms with Crippen LogP contribution in [0.1, 0.15) is 39.5 Å². The van der Waals surface area contributed by atoms with Gasteiger partial charge in [-0.2, -0.15) is 0 Å². The average molecular weight is 177 g/mol. The van der Waals surface area contributed by atoms with Gasteiger partial charge in [0.1, 0.15) is 0 Å². The molecule has 0 amide bonds. The van der Waals surface area contributed by atoms with Crippen LogP contribution in [0.15, 0.2) is 28.8 Å². The molecule has 72 valence electrons. The molecule has 0 radical (unpaired) electrons. The molecule has 1 fully saturated rings. The predicted octanol–water partition coefficient (Wildman–Crippen LogP) is 3.52. The maximum Gasteiger partial charge on any atom is 0.0814 e. The van der Waals surface area contributed by atoms with Gasteiger partial charge in [-0.15, -0.1) is 0 Å². The molecule has 0 bridgehead atoms. The fraction of sp³-hybridized carbons (Fsp3) is 0.583. The van der Waals surface area contributed by atoms with E-state index in [9.17, 15) is 0 Å². The quantitative estimate of drug-likeness (QED) is 0.450. The van der Waals surface area contributed by atoms with Crippen molar-refractivity contribution in [3.63, 3.8) is 0 Å². The van der Waals surface area contributed by atoms with Crippen molar-refractivity contribution in [3.05, 3.63) is 23.8 Å². The molecule has 1 nitrogen and oxygen atoms in total. The van der Waals surface area contributed by atoms with Gasteiger partial charge >= 0.3 is 0 Å². The lowest BCUT2D eigenvalue weighted by atomic mass is 9.96. The summed E-state index contributed by atoms with van der Waals surface area (Å²) in [5.74, 6) is 0. The highest BCUT2D eigenvalue weighted by Crippen LogP contribution is 2.47. The zero-order valence-corrected chi connectivity index (χ0v) is 8.77. The number of rotatable bonds is 5. The Labute approximate surface area is 81.3 Å². The van der Waals surface area contributed by atoms with Crippen molar-refractivity contribution < 1.29 is 0 Å². The fourth-order valence-corrected chi connectivity index (χ4v) is 1.63. The zero-order valence-electron chi connectivity index (χ0n) is 8.77. The summed E-state index contributed by atoms with van der Waals surface area (Å²) in [5.41, 5.74) is 2.81. The molecule has 1 aliphatic rings. The van der Waals surface area contributed by atoms with Crippen LogP contribution < -0.4 is 0 Å². The van der Waals surface area contributed by atoms with Crippen molar-refractivity contribution in [2.24, 2.45) is 4.99 Å². The molecule has 1 aliphatic carbocycles. The van der Waals surface area contributed by atoms with Gasteiger partial charge in [-0.25, -0.2) is 0 Å². The molecule has 13 heavy (non-hydrogen) atoms. The lowest BCUT2D eigenvalue weighted by Gasteiger charge is -2.15. The predicted molar refractivity (Wildman–Crippen MR) is 59.3 cm³/mol. The second kappa shape index (κ2) is 3.91. The minimum absolute atomic E-state index is 0.104. The van der Waals surface area contributed by atoms with E-state index >= 15 is 0 Å². The summed E-state index contributed by atoms with van der Waals surface area (Å²) in [7, 11) is 0. The van der Waals surface area contributed by atoms with Crippen LogP contribution in [0.2, 0.25) is 0 Å². The van der Waals surface area contributed by atoms with Gasteiger partial charge in [0, 0.05) is 0 Å². The monoisotopic (exact) mass is 177 g/mol. The smallest absolute Gasteiger partial charge is 0.0814 e. The first kappa shape index (κ1) is 10.2. The van der Waals surface area contributed by atoms with Crippen molar-refractivity contribution in [1.29, 1.82) is 0 Å². The topological polar surface area (TPSA) is 12.4 Å². The summed E-state index contributed by atoms with van der Waals surface area (Å²) in [4.78, 5) is 4.23. The van der Waals surface area contributed by atoms with Crippen LogP contribution in [0.25, 0.3) is 0 Å². The summed E-state index contributed by atoms with van der Waals surface area (Å²) < 4.78 is 0. The molecule has 0 saturated heterocycles. The number of hydrogen-bond donors (Lipinski definition) is 0. The molecule has 0 aromatic heterocycles. The first-order chi connectivity index (χ1) is 6.18. The third-order valence-electron chi connectivity index (χ3n) is 2.91. The highest BCUT2D eigenvalue weighted by Gasteiger charge is 2.44.